The maximum absolute atomic E-state index is 9.37. The molecule has 104 valence electrons. The van der Waals surface area contributed by atoms with Crippen LogP contribution in [0.3, 0.4) is 0 Å². The zero-order valence-electron chi connectivity index (χ0n) is 11.2. The van der Waals surface area contributed by atoms with Crippen molar-refractivity contribution in [3.63, 3.8) is 0 Å². The number of anilines is 1. The van der Waals surface area contributed by atoms with Gasteiger partial charge in [-0.05, 0) is 6.08 Å². The van der Waals surface area contributed by atoms with E-state index >= 15 is 0 Å². The third kappa shape index (κ3) is 2.82. The van der Waals surface area contributed by atoms with E-state index < -0.39 is 0 Å². The van der Waals surface area contributed by atoms with Crippen LogP contribution in [0, 0.1) is 11.3 Å². The number of amidine groups is 1. The van der Waals surface area contributed by atoms with Crippen LogP contribution in [0.25, 0.3) is 11.2 Å². The number of rotatable bonds is 5. The van der Waals surface area contributed by atoms with Gasteiger partial charge >= 0.3 is 0 Å². The summed E-state index contributed by atoms with van der Waals surface area (Å²) in [5, 5.41) is 23.8. The molecule has 0 aliphatic rings. The molecule has 2 aromatic rings. The lowest BCUT2D eigenvalue weighted by Crippen LogP contribution is -2.12. The molecule has 0 fully saturated rings. The number of nitrogens with one attached hydrogen (secondary N) is 2. The van der Waals surface area contributed by atoms with Gasteiger partial charge in [-0.3, -0.25) is 5.41 Å². The van der Waals surface area contributed by atoms with Gasteiger partial charge in [0.2, 0.25) is 0 Å². The minimum absolute atomic E-state index is 0.101. The van der Waals surface area contributed by atoms with Crippen LogP contribution in [-0.4, -0.2) is 30.7 Å². The molecule has 2 rings (SSSR count). The molecule has 0 radical (unpaired) electrons. The SMILES string of the molecule is C=CC(=N)Nc1cnc2cnn(CC(C)C(=C)O)c2n1. The first kappa shape index (κ1) is 13.7. The Kier molecular flexibility index (Phi) is 3.79. The Balaban J connectivity index is 2.32. The van der Waals surface area contributed by atoms with Crippen molar-refractivity contribution in [1.82, 2.24) is 19.7 Å². The molecule has 2 heterocycles. The van der Waals surface area contributed by atoms with Gasteiger partial charge in [0.05, 0.1) is 24.7 Å². The highest BCUT2D eigenvalue weighted by Gasteiger charge is 2.12. The topological polar surface area (TPSA) is 99.7 Å². The Morgan fingerprint density at radius 3 is 3.00 bits per heavy atom. The highest BCUT2D eigenvalue weighted by atomic mass is 16.3. The summed E-state index contributed by atoms with van der Waals surface area (Å²) in [6.07, 6.45) is 4.51. The first-order chi connectivity index (χ1) is 9.51. The van der Waals surface area contributed by atoms with Crippen LogP contribution in [0.15, 0.2) is 37.4 Å². The van der Waals surface area contributed by atoms with E-state index in [9.17, 15) is 5.11 Å². The van der Waals surface area contributed by atoms with E-state index in [4.69, 9.17) is 5.41 Å². The van der Waals surface area contributed by atoms with Crippen molar-refractivity contribution in [2.24, 2.45) is 5.92 Å². The summed E-state index contributed by atoms with van der Waals surface area (Å²) in [7, 11) is 0. The maximum Gasteiger partial charge on any atom is 0.178 e. The Morgan fingerprint density at radius 1 is 1.60 bits per heavy atom. The third-order valence-corrected chi connectivity index (χ3v) is 2.83. The molecule has 0 bridgehead atoms. The van der Waals surface area contributed by atoms with Crippen molar-refractivity contribution >= 4 is 22.8 Å². The molecule has 0 aromatic carbocycles. The van der Waals surface area contributed by atoms with E-state index in [0.717, 1.165) is 0 Å². The first-order valence-corrected chi connectivity index (χ1v) is 6.05. The molecule has 0 aliphatic carbocycles. The van der Waals surface area contributed by atoms with E-state index in [2.05, 4.69) is 33.5 Å². The predicted octanol–water partition coefficient (Wildman–Crippen LogP) is 2.11. The minimum Gasteiger partial charge on any atom is -0.513 e. The number of hydrogen-bond acceptors (Lipinski definition) is 5. The normalized spacial score (nSPS) is 12.1. The summed E-state index contributed by atoms with van der Waals surface area (Å²) in [6, 6.07) is 0. The molecule has 0 saturated heterocycles. The average Bonchev–Trinajstić information content (AvgIpc) is 2.81. The quantitative estimate of drug-likeness (QED) is 0.440. The Labute approximate surface area is 116 Å². The molecule has 7 heteroatoms. The van der Waals surface area contributed by atoms with Crippen LogP contribution in [0.2, 0.25) is 0 Å². The van der Waals surface area contributed by atoms with E-state index in [1.807, 2.05) is 6.92 Å². The summed E-state index contributed by atoms with van der Waals surface area (Å²) in [5.74, 6) is 0.550. The standard InChI is InChI=1S/C13H16N6O/c1-4-11(14)17-12-6-15-10-5-16-19(13(10)18-12)7-8(2)9(3)20/h4-6,8,20H,1,3,7H2,2H3,(H2,14,17,18). The zero-order chi connectivity index (χ0) is 14.7. The van der Waals surface area contributed by atoms with Crippen LogP contribution in [0.5, 0.6) is 0 Å². The van der Waals surface area contributed by atoms with Gasteiger partial charge in [-0.1, -0.05) is 20.1 Å². The fraction of sp³-hybridized carbons (Fsp3) is 0.231. The van der Waals surface area contributed by atoms with Gasteiger partial charge < -0.3 is 10.4 Å². The summed E-state index contributed by atoms with van der Waals surface area (Å²) < 4.78 is 1.65. The second kappa shape index (κ2) is 5.52. The molecule has 3 N–H and O–H groups in total. The molecule has 2 aromatic heterocycles. The lowest BCUT2D eigenvalue weighted by Gasteiger charge is -2.10. The Hall–Kier alpha value is -2.70. The summed E-state index contributed by atoms with van der Waals surface area (Å²) in [6.45, 7) is 9.31. The highest BCUT2D eigenvalue weighted by Crippen LogP contribution is 2.15. The lowest BCUT2D eigenvalue weighted by molar-refractivity contribution is 0.319. The summed E-state index contributed by atoms with van der Waals surface area (Å²) in [5.41, 5.74) is 1.23. The van der Waals surface area contributed by atoms with Crippen molar-refractivity contribution in [3.05, 3.63) is 37.4 Å². The zero-order valence-corrected chi connectivity index (χ0v) is 11.2. The van der Waals surface area contributed by atoms with E-state index in [1.165, 1.54) is 12.3 Å². The van der Waals surface area contributed by atoms with Gasteiger partial charge in [0, 0.05) is 5.92 Å². The number of nitrogens with zero attached hydrogens (tertiary/aromatic N) is 4. The second-order valence-electron chi connectivity index (χ2n) is 4.43. The molecule has 7 nitrogen and oxygen atoms in total. The second-order valence-corrected chi connectivity index (χ2v) is 4.43. The molecule has 1 unspecified atom stereocenters. The van der Waals surface area contributed by atoms with Crippen molar-refractivity contribution in [2.75, 3.05) is 5.32 Å². The fourth-order valence-corrected chi connectivity index (χ4v) is 1.60. The number of hydrogen-bond donors (Lipinski definition) is 3. The molecule has 0 aliphatic heterocycles. The molecule has 1 atom stereocenters. The van der Waals surface area contributed by atoms with E-state index in [0.29, 0.717) is 23.5 Å². The molecule has 20 heavy (non-hydrogen) atoms. The fourth-order valence-electron chi connectivity index (χ4n) is 1.60. The van der Waals surface area contributed by atoms with Crippen LogP contribution < -0.4 is 5.32 Å². The molecule has 0 spiro atoms. The number of aliphatic hydroxyl groups excluding tert-OH is 1. The molecule has 0 amide bonds. The van der Waals surface area contributed by atoms with Gasteiger partial charge in [0.1, 0.15) is 11.4 Å². The van der Waals surface area contributed by atoms with E-state index in [-0.39, 0.29) is 17.5 Å². The average molecular weight is 272 g/mol. The summed E-state index contributed by atoms with van der Waals surface area (Å²) in [4.78, 5) is 8.58. The van der Waals surface area contributed by atoms with Crippen LogP contribution >= 0.6 is 0 Å². The molecule has 0 saturated carbocycles. The van der Waals surface area contributed by atoms with Crippen molar-refractivity contribution in [3.8, 4) is 0 Å². The van der Waals surface area contributed by atoms with Crippen LogP contribution in [0.4, 0.5) is 5.82 Å². The maximum atomic E-state index is 9.37. The van der Waals surface area contributed by atoms with Gasteiger partial charge in [0.15, 0.2) is 11.5 Å². The monoisotopic (exact) mass is 272 g/mol. The molecular weight excluding hydrogens is 256 g/mol. The van der Waals surface area contributed by atoms with Crippen LogP contribution in [-0.2, 0) is 6.54 Å². The summed E-state index contributed by atoms with van der Waals surface area (Å²) >= 11 is 0. The van der Waals surface area contributed by atoms with Crippen molar-refractivity contribution in [2.45, 2.75) is 13.5 Å². The van der Waals surface area contributed by atoms with Crippen molar-refractivity contribution in [1.29, 1.82) is 5.41 Å². The lowest BCUT2D eigenvalue weighted by atomic mass is 10.1. The van der Waals surface area contributed by atoms with Gasteiger partial charge in [-0.15, -0.1) is 0 Å². The number of fused-ring (bicyclic) bond motifs is 1. The van der Waals surface area contributed by atoms with Crippen molar-refractivity contribution < 1.29 is 5.11 Å². The number of allylic oxidation sites excluding steroid dienone is 1. The largest absolute Gasteiger partial charge is 0.513 e. The first-order valence-electron chi connectivity index (χ1n) is 6.05. The third-order valence-electron chi connectivity index (χ3n) is 2.83. The molecular formula is C13H16N6O. The minimum atomic E-state index is -0.136. The van der Waals surface area contributed by atoms with Gasteiger partial charge in [0.25, 0.3) is 0 Å². The smallest absolute Gasteiger partial charge is 0.178 e. The van der Waals surface area contributed by atoms with E-state index in [1.54, 1.807) is 10.9 Å². The van der Waals surface area contributed by atoms with Crippen LogP contribution in [0.1, 0.15) is 6.92 Å². The van der Waals surface area contributed by atoms with Gasteiger partial charge in [-0.2, -0.15) is 5.10 Å². The Morgan fingerprint density at radius 2 is 2.35 bits per heavy atom. The Bertz CT molecular complexity index is 675. The number of aromatic nitrogens is 4. The predicted molar refractivity (Wildman–Crippen MR) is 77.8 cm³/mol. The van der Waals surface area contributed by atoms with Gasteiger partial charge in [-0.25, -0.2) is 14.6 Å². The highest BCUT2D eigenvalue weighted by molar-refractivity contribution is 6.00. The number of aliphatic hydroxyl groups is 1.